The van der Waals surface area contributed by atoms with Crippen LogP contribution in [0, 0.1) is 0 Å². The number of halogens is 1. The first-order chi connectivity index (χ1) is 12.3. The number of ether oxygens (including phenoxy) is 2. The van der Waals surface area contributed by atoms with Gasteiger partial charge < -0.3 is 20.1 Å². The number of hydrogen-bond acceptors (Lipinski definition) is 4. The molecule has 1 aromatic carbocycles. The van der Waals surface area contributed by atoms with Gasteiger partial charge in [-0.2, -0.15) is 0 Å². The van der Waals surface area contributed by atoms with Gasteiger partial charge in [0.1, 0.15) is 12.4 Å². The van der Waals surface area contributed by atoms with Crippen molar-refractivity contribution in [3.63, 3.8) is 0 Å². The molecule has 0 spiro atoms. The Balaban J connectivity index is 1.63. The lowest BCUT2D eigenvalue weighted by Crippen LogP contribution is -2.39. The third kappa shape index (κ3) is 8.43. The van der Waals surface area contributed by atoms with Crippen molar-refractivity contribution in [2.24, 2.45) is 4.99 Å². The third-order valence-electron chi connectivity index (χ3n) is 3.81. The van der Waals surface area contributed by atoms with Gasteiger partial charge in [-0.1, -0.05) is 17.7 Å². The summed E-state index contributed by atoms with van der Waals surface area (Å²) in [6.07, 6.45) is 1.05. The van der Waals surface area contributed by atoms with Crippen LogP contribution < -0.4 is 15.4 Å². The Labute approximate surface area is 155 Å². The molecule has 7 heteroatoms. The van der Waals surface area contributed by atoms with Crippen LogP contribution in [0.2, 0.25) is 5.02 Å². The second-order valence-corrected chi connectivity index (χ2v) is 6.24. The van der Waals surface area contributed by atoms with Crippen LogP contribution >= 0.6 is 11.6 Å². The number of morpholine rings is 1. The molecule has 0 bridgehead atoms. The van der Waals surface area contributed by atoms with Gasteiger partial charge in [0.25, 0.3) is 0 Å². The third-order valence-corrected chi connectivity index (χ3v) is 4.04. The molecule has 0 unspecified atom stereocenters. The molecule has 6 nitrogen and oxygen atoms in total. The average molecular weight is 369 g/mol. The summed E-state index contributed by atoms with van der Waals surface area (Å²) >= 11 is 5.94. The molecule has 1 saturated heterocycles. The zero-order valence-corrected chi connectivity index (χ0v) is 15.7. The average Bonchev–Trinajstić information content (AvgIpc) is 2.63. The summed E-state index contributed by atoms with van der Waals surface area (Å²) in [5.74, 6) is 1.61. The van der Waals surface area contributed by atoms with Crippen molar-refractivity contribution < 1.29 is 9.47 Å². The molecule has 2 rings (SSSR count). The fraction of sp³-hybridized carbons (Fsp3) is 0.611. The van der Waals surface area contributed by atoms with Gasteiger partial charge in [0.2, 0.25) is 0 Å². The monoisotopic (exact) mass is 368 g/mol. The van der Waals surface area contributed by atoms with Crippen LogP contribution in [0.15, 0.2) is 29.3 Å². The largest absolute Gasteiger partial charge is 0.492 e. The van der Waals surface area contributed by atoms with E-state index in [1.807, 2.05) is 24.3 Å². The number of benzene rings is 1. The molecule has 25 heavy (non-hydrogen) atoms. The first kappa shape index (κ1) is 19.8. The molecule has 1 heterocycles. The fourth-order valence-corrected chi connectivity index (χ4v) is 2.73. The number of aliphatic imine (C=N–C) groups is 1. The molecule has 1 fully saturated rings. The highest BCUT2D eigenvalue weighted by Gasteiger charge is 2.09. The van der Waals surface area contributed by atoms with E-state index in [2.05, 4.69) is 27.4 Å². The highest BCUT2D eigenvalue weighted by Crippen LogP contribution is 2.16. The van der Waals surface area contributed by atoms with Crippen LogP contribution in [-0.4, -0.2) is 69.9 Å². The number of rotatable bonds is 9. The molecular formula is C18H29ClN4O2. The minimum atomic E-state index is 0.554. The molecule has 140 valence electrons. The topological polar surface area (TPSA) is 58.1 Å². The minimum Gasteiger partial charge on any atom is -0.492 e. The summed E-state index contributed by atoms with van der Waals surface area (Å²) in [5.41, 5.74) is 0. The zero-order chi connectivity index (χ0) is 17.7. The number of nitrogens with zero attached hydrogens (tertiary/aromatic N) is 2. The van der Waals surface area contributed by atoms with Crippen LogP contribution in [0.4, 0.5) is 0 Å². The van der Waals surface area contributed by atoms with Crippen molar-refractivity contribution in [3.05, 3.63) is 29.3 Å². The Bertz CT molecular complexity index is 522. The van der Waals surface area contributed by atoms with Gasteiger partial charge in [0.15, 0.2) is 5.96 Å². The predicted octanol–water partition coefficient (Wildman–Crippen LogP) is 2.00. The molecule has 0 amide bonds. The first-order valence-electron chi connectivity index (χ1n) is 8.98. The molecular weight excluding hydrogens is 340 g/mol. The molecule has 0 aromatic heterocycles. The van der Waals surface area contributed by atoms with E-state index in [1.165, 1.54) is 0 Å². The fourth-order valence-electron chi connectivity index (χ4n) is 2.55. The van der Waals surface area contributed by atoms with Crippen LogP contribution in [0.5, 0.6) is 5.75 Å². The molecule has 2 N–H and O–H groups in total. The second kappa shape index (κ2) is 12.0. The van der Waals surface area contributed by atoms with Crippen molar-refractivity contribution in [1.29, 1.82) is 0 Å². The van der Waals surface area contributed by atoms with Gasteiger partial charge in [-0.05, 0) is 31.5 Å². The molecule has 0 atom stereocenters. The van der Waals surface area contributed by atoms with Crippen LogP contribution in [0.3, 0.4) is 0 Å². The smallest absolute Gasteiger partial charge is 0.191 e. The Kier molecular flexibility index (Phi) is 9.47. The van der Waals surface area contributed by atoms with Crippen molar-refractivity contribution in [2.45, 2.75) is 13.3 Å². The zero-order valence-electron chi connectivity index (χ0n) is 15.0. The maximum atomic E-state index is 5.94. The standard InChI is InChI=1S/C18H29ClN4O2/c1-2-20-18(21-7-4-9-23-10-13-24-14-11-23)22-8-12-25-17-6-3-5-16(19)15-17/h3,5-6,15H,2,4,7-14H2,1H3,(H2,20,21,22). The van der Waals surface area contributed by atoms with E-state index in [0.29, 0.717) is 18.2 Å². The Morgan fingerprint density at radius 2 is 2.16 bits per heavy atom. The Hall–Kier alpha value is -1.50. The molecule has 1 aliphatic rings. The van der Waals surface area contributed by atoms with Crippen molar-refractivity contribution >= 4 is 17.6 Å². The molecule has 1 aromatic rings. The summed E-state index contributed by atoms with van der Waals surface area (Å²) in [4.78, 5) is 7.05. The summed E-state index contributed by atoms with van der Waals surface area (Å²) in [5, 5.41) is 7.23. The summed E-state index contributed by atoms with van der Waals surface area (Å²) < 4.78 is 11.0. The number of hydrogen-bond donors (Lipinski definition) is 2. The van der Waals surface area contributed by atoms with E-state index in [9.17, 15) is 0 Å². The maximum Gasteiger partial charge on any atom is 0.191 e. The van der Waals surface area contributed by atoms with E-state index >= 15 is 0 Å². The summed E-state index contributed by atoms with van der Waals surface area (Å²) in [6, 6.07) is 7.42. The Morgan fingerprint density at radius 1 is 1.32 bits per heavy atom. The van der Waals surface area contributed by atoms with Gasteiger partial charge in [0, 0.05) is 37.7 Å². The van der Waals surface area contributed by atoms with Crippen LogP contribution in [-0.2, 0) is 4.74 Å². The molecule has 0 aliphatic carbocycles. The predicted molar refractivity (Wildman–Crippen MR) is 103 cm³/mol. The van der Waals surface area contributed by atoms with Crippen molar-refractivity contribution in [1.82, 2.24) is 15.5 Å². The maximum absolute atomic E-state index is 5.94. The normalized spacial score (nSPS) is 15.8. The van der Waals surface area contributed by atoms with Crippen LogP contribution in [0.1, 0.15) is 13.3 Å². The van der Waals surface area contributed by atoms with Crippen molar-refractivity contribution in [2.75, 3.05) is 59.1 Å². The van der Waals surface area contributed by atoms with Gasteiger partial charge in [-0.3, -0.25) is 9.89 Å². The second-order valence-electron chi connectivity index (χ2n) is 5.80. The lowest BCUT2D eigenvalue weighted by atomic mass is 10.3. The van der Waals surface area contributed by atoms with Gasteiger partial charge in [-0.15, -0.1) is 0 Å². The van der Waals surface area contributed by atoms with E-state index in [4.69, 9.17) is 21.1 Å². The van der Waals surface area contributed by atoms with E-state index in [0.717, 1.165) is 64.1 Å². The summed E-state index contributed by atoms with van der Waals surface area (Å²) in [6.45, 7) is 9.77. The van der Waals surface area contributed by atoms with Gasteiger partial charge >= 0.3 is 0 Å². The van der Waals surface area contributed by atoms with E-state index < -0.39 is 0 Å². The summed E-state index contributed by atoms with van der Waals surface area (Å²) in [7, 11) is 0. The molecule has 0 radical (unpaired) electrons. The highest BCUT2D eigenvalue weighted by atomic mass is 35.5. The van der Waals surface area contributed by atoms with Gasteiger partial charge in [0.05, 0.1) is 19.8 Å². The molecule has 0 saturated carbocycles. The SMILES string of the molecule is CCNC(=NCCCN1CCOCC1)NCCOc1cccc(Cl)c1. The lowest BCUT2D eigenvalue weighted by Gasteiger charge is -2.26. The lowest BCUT2D eigenvalue weighted by molar-refractivity contribution is 0.0377. The van der Waals surface area contributed by atoms with Gasteiger partial charge in [-0.25, -0.2) is 0 Å². The van der Waals surface area contributed by atoms with E-state index in [1.54, 1.807) is 0 Å². The minimum absolute atomic E-state index is 0.554. The van der Waals surface area contributed by atoms with E-state index in [-0.39, 0.29) is 0 Å². The highest BCUT2D eigenvalue weighted by molar-refractivity contribution is 6.30. The number of guanidine groups is 1. The first-order valence-corrected chi connectivity index (χ1v) is 9.36. The molecule has 1 aliphatic heterocycles. The Morgan fingerprint density at radius 3 is 2.92 bits per heavy atom. The quantitative estimate of drug-likeness (QED) is 0.396. The van der Waals surface area contributed by atoms with Crippen LogP contribution in [0.25, 0.3) is 0 Å². The number of nitrogens with one attached hydrogen (secondary N) is 2. The van der Waals surface area contributed by atoms with Crippen molar-refractivity contribution in [3.8, 4) is 5.75 Å².